The highest BCUT2D eigenvalue weighted by Gasteiger charge is 2.81. The van der Waals surface area contributed by atoms with Crippen molar-refractivity contribution in [1.29, 1.82) is 0 Å². The third kappa shape index (κ3) is 7.48. The van der Waals surface area contributed by atoms with Gasteiger partial charge in [-0.1, -0.05) is 44.6 Å². The fourth-order valence-corrected chi connectivity index (χ4v) is 17.0. The first-order valence-corrected chi connectivity index (χ1v) is 27.0. The minimum absolute atomic E-state index is 0.0374. The first-order chi connectivity index (χ1) is 33.2. The van der Waals surface area contributed by atoms with E-state index in [2.05, 4.69) is 64.1 Å². The zero-order valence-electron chi connectivity index (χ0n) is 42.1. The number of allylic oxidation sites excluding steroid dienone is 1. The molecule has 0 aromatic heterocycles. The Labute approximate surface area is 413 Å². The number of piperidine rings is 2. The molecule has 376 valence electrons. The standard InChI is InChI=1S/C55H76N4O9S/c1-8-51(63)31-36-32-54(49(61)66-6,41-27-37-15-16-38(69-26-14-22-57-20-11-10-12-21-57)28-40(37)39(41)17-24-58(33-36)34-51)43-29-42-44(30-45(43)65-5)56(4)47-53(42)19-25-59-23-13-18-52(9-2,46(53)59)48(68-35(3)60)55(47,64)50(62)67-7/h13,15-16,18,28-30,36,43,45-48,63-64H,8-12,14,17,19-27,31-34H2,1-7H3/t36-,43?,45?,46+,47-,48-,51+,52-,53-,54-,55+/m1/s1. The van der Waals surface area contributed by atoms with E-state index in [0.717, 1.165) is 55.1 Å². The van der Waals surface area contributed by atoms with Crippen molar-refractivity contribution in [2.75, 3.05) is 86.5 Å². The Morgan fingerprint density at radius 2 is 1.71 bits per heavy atom. The molecule has 3 aliphatic carbocycles. The Balaban J connectivity index is 1.15. The molecule has 9 aliphatic rings. The number of carbonyl (C=O) groups is 3. The summed E-state index contributed by atoms with van der Waals surface area (Å²) < 4.78 is 24.6. The molecule has 3 unspecified atom stereocenters. The van der Waals surface area contributed by atoms with Crippen LogP contribution in [-0.2, 0) is 39.8 Å². The lowest BCUT2D eigenvalue weighted by atomic mass is 9.47. The van der Waals surface area contributed by atoms with Gasteiger partial charge >= 0.3 is 17.9 Å². The van der Waals surface area contributed by atoms with Crippen molar-refractivity contribution < 1.29 is 43.5 Å². The summed E-state index contributed by atoms with van der Waals surface area (Å²) in [5, 5.41) is 25.7. The Morgan fingerprint density at radius 3 is 2.42 bits per heavy atom. The summed E-state index contributed by atoms with van der Waals surface area (Å²) in [4.78, 5) is 54.2. The zero-order valence-corrected chi connectivity index (χ0v) is 42.9. The molecule has 69 heavy (non-hydrogen) atoms. The molecule has 10 rings (SSSR count). The number of likely N-dealkylation sites (N-methyl/N-ethyl adjacent to an activating group) is 1. The van der Waals surface area contributed by atoms with Crippen LogP contribution in [0.5, 0.6) is 0 Å². The Kier molecular flexibility index (Phi) is 13.2. The molecule has 1 saturated carbocycles. The molecular formula is C55H76N4O9S. The Morgan fingerprint density at radius 1 is 0.928 bits per heavy atom. The lowest BCUT2D eigenvalue weighted by Crippen LogP contribution is -2.79. The third-order valence-electron chi connectivity index (χ3n) is 18.8. The summed E-state index contributed by atoms with van der Waals surface area (Å²) in [7, 11) is 6.41. The quantitative estimate of drug-likeness (QED) is 0.0829. The van der Waals surface area contributed by atoms with Gasteiger partial charge in [0.25, 0.3) is 0 Å². The topological polar surface area (TPSA) is 142 Å². The van der Waals surface area contributed by atoms with E-state index < -0.39 is 63.6 Å². The zero-order chi connectivity index (χ0) is 48.7. The number of rotatable bonds is 12. The molecule has 0 amide bonds. The minimum Gasteiger partial charge on any atom is -0.468 e. The Hall–Kier alpha value is -3.50. The van der Waals surface area contributed by atoms with Gasteiger partial charge in [-0.05, 0) is 148 Å². The molecule has 2 N–H and O–H groups in total. The highest BCUT2D eigenvalue weighted by molar-refractivity contribution is 7.99. The Bertz CT molecular complexity index is 2350. The van der Waals surface area contributed by atoms with Crippen LogP contribution in [0.3, 0.4) is 0 Å². The lowest BCUT2D eigenvalue weighted by molar-refractivity contribution is -0.243. The summed E-state index contributed by atoms with van der Waals surface area (Å²) in [5.41, 5.74) is 0.242. The van der Waals surface area contributed by atoms with E-state index in [0.29, 0.717) is 58.2 Å². The largest absolute Gasteiger partial charge is 0.468 e. The van der Waals surface area contributed by atoms with Gasteiger partial charge in [0.2, 0.25) is 5.60 Å². The van der Waals surface area contributed by atoms with Crippen molar-refractivity contribution in [3.63, 3.8) is 0 Å². The average molecular weight is 969 g/mol. The van der Waals surface area contributed by atoms with Crippen LogP contribution < -0.4 is 0 Å². The van der Waals surface area contributed by atoms with Crippen molar-refractivity contribution in [2.45, 2.75) is 132 Å². The molecule has 4 saturated heterocycles. The molecule has 6 heterocycles. The number of carbonyl (C=O) groups excluding carboxylic acids is 3. The van der Waals surface area contributed by atoms with Gasteiger partial charge in [0.1, 0.15) is 0 Å². The molecule has 1 spiro atoms. The second kappa shape index (κ2) is 18.5. The average Bonchev–Trinajstić information content (AvgIpc) is 4.01. The van der Waals surface area contributed by atoms with Gasteiger partial charge < -0.3 is 39.0 Å². The van der Waals surface area contributed by atoms with Crippen molar-refractivity contribution in [2.24, 2.45) is 28.1 Å². The van der Waals surface area contributed by atoms with E-state index in [-0.39, 0.29) is 17.9 Å². The molecule has 0 radical (unpaired) electrons. The smallest absolute Gasteiger partial charge is 0.344 e. The van der Waals surface area contributed by atoms with Gasteiger partial charge in [-0.2, -0.15) is 0 Å². The number of ether oxygens (including phenoxy) is 4. The summed E-state index contributed by atoms with van der Waals surface area (Å²) >= 11 is 1.92. The second-order valence-electron chi connectivity index (χ2n) is 22.1. The van der Waals surface area contributed by atoms with E-state index in [1.807, 2.05) is 30.6 Å². The molecule has 12 atom stereocenters. The predicted octanol–water partition coefficient (Wildman–Crippen LogP) is 6.03. The number of fused-ring (bicyclic) bond motifs is 5. The van der Waals surface area contributed by atoms with E-state index in [1.165, 1.54) is 75.1 Å². The first kappa shape index (κ1) is 49.1. The molecule has 1 aromatic rings. The number of nitrogens with zero attached hydrogens (tertiary/aromatic N) is 4. The highest BCUT2D eigenvalue weighted by atomic mass is 32.2. The summed E-state index contributed by atoms with van der Waals surface area (Å²) in [6.07, 6.45) is 15.8. The maximum atomic E-state index is 15.8. The van der Waals surface area contributed by atoms with Crippen molar-refractivity contribution in [3.05, 3.63) is 70.5 Å². The number of benzene rings is 1. The van der Waals surface area contributed by atoms with Crippen LogP contribution in [0.25, 0.3) is 5.57 Å². The van der Waals surface area contributed by atoms with Gasteiger partial charge in [0.05, 0.1) is 37.4 Å². The fraction of sp³-hybridized carbons (Fsp3) is 0.691. The third-order valence-corrected chi connectivity index (χ3v) is 19.8. The SMILES string of the molecule is CC[C@]1(O)C[C@H]2CN(CCC3=C(Cc4ccc(SCCCN5CCCCC5)cc43)[C@@](C(=O)OC)(C3C=C4C(=CC3OC)N(C)[C@H]3[C@@](O)(C(=O)OC)[C@H](OC(C)=O)[C@]5(CC)C=CCN6CC[C@]43[C@@H]65)C2)C1. The van der Waals surface area contributed by atoms with Gasteiger partial charge in [-0.3, -0.25) is 19.4 Å². The van der Waals surface area contributed by atoms with Crippen LogP contribution in [0, 0.1) is 28.1 Å². The van der Waals surface area contributed by atoms with Gasteiger partial charge in [0, 0.05) is 80.6 Å². The lowest BCUT2D eigenvalue weighted by Gasteiger charge is -2.63. The summed E-state index contributed by atoms with van der Waals surface area (Å²) in [5.74, 6) is -1.31. The number of hydrogen-bond acceptors (Lipinski definition) is 14. The predicted molar refractivity (Wildman–Crippen MR) is 265 cm³/mol. The van der Waals surface area contributed by atoms with Crippen molar-refractivity contribution in [3.8, 4) is 0 Å². The maximum absolute atomic E-state index is 15.8. The summed E-state index contributed by atoms with van der Waals surface area (Å²) in [6, 6.07) is 5.75. The van der Waals surface area contributed by atoms with Crippen molar-refractivity contribution in [1.82, 2.24) is 19.6 Å². The van der Waals surface area contributed by atoms with Crippen LogP contribution in [0.2, 0.25) is 0 Å². The molecule has 1 aromatic carbocycles. The maximum Gasteiger partial charge on any atom is 0.344 e. The van der Waals surface area contributed by atoms with Gasteiger partial charge in [-0.15, -0.1) is 11.8 Å². The van der Waals surface area contributed by atoms with Crippen LogP contribution >= 0.6 is 11.8 Å². The monoisotopic (exact) mass is 969 g/mol. The normalized spacial score (nSPS) is 39.1. The number of hydrogen-bond donors (Lipinski definition) is 2. The molecule has 6 aliphatic heterocycles. The van der Waals surface area contributed by atoms with Crippen LogP contribution in [-0.4, -0.2) is 170 Å². The number of likely N-dealkylation sites (tertiary alicyclic amines) is 2. The highest BCUT2D eigenvalue weighted by Crippen LogP contribution is 2.71. The van der Waals surface area contributed by atoms with Gasteiger partial charge in [0.15, 0.2) is 6.10 Å². The minimum atomic E-state index is -2.28. The number of methoxy groups -OCH3 is 3. The fourth-order valence-electron chi connectivity index (χ4n) is 16.1. The van der Waals surface area contributed by atoms with Crippen LogP contribution in [0.4, 0.5) is 0 Å². The van der Waals surface area contributed by atoms with Crippen LogP contribution in [0.15, 0.2) is 64.2 Å². The number of esters is 3. The molecule has 14 heteroatoms. The van der Waals surface area contributed by atoms with Gasteiger partial charge in [-0.25, -0.2) is 4.79 Å². The molecule has 5 fully saturated rings. The second-order valence-corrected chi connectivity index (χ2v) is 23.3. The molecular weight excluding hydrogens is 893 g/mol. The van der Waals surface area contributed by atoms with E-state index >= 15 is 4.79 Å². The number of aliphatic hydroxyl groups is 2. The van der Waals surface area contributed by atoms with Crippen LogP contribution in [0.1, 0.15) is 96.1 Å². The summed E-state index contributed by atoms with van der Waals surface area (Å²) in [6.45, 7) is 12.4. The molecule has 2 bridgehead atoms. The van der Waals surface area contributed by atoms with E-state index in [9.17, 15) is 19.8 Å². The van der Waals surface area contributed by atoms with E-state index in [1.54, 1.807) is 7.11 Å². The molecule has 13 nitrogen and oxygen atoms in total. The van der Waals surface area contributed by atoms with Crippen molar-refractivity contribution >= 4 is 35.2 Å². The van der Waals surface area contributed by atoms with E-state index in [4.69, 9.17) is 18.9 Å². The first-order valence-electron chi connectivity index (χ1n) is 26.0. The number of thioether (sulfide) groups is 1.